The summed E-state index contributed by atoms with van der Waals surface area (Å²) in [4.78, 5) is 14.2. The van der Waals surface area contributed by atoms with Gasteiger partial charge in [-0.1, -0.05) is 38.5 Å². The standard InChI is InChI=1S/C15H22N2O3S/c1-11-6-8-13(9-7-11)21(19,20)17-16-12(2)10-14(18)15(3,4)5/h6-10,16-17H,1-5H3/b12-10+. The van der Waals surface area contributed by atoms with Gasteiger partial charge in [0.25, 0.3) is 10.0 Å². The van der Waals surface area contributed by atoms with Gasteiger partial charge in [0.2, 0.25) is 0 Å². The zero-order chi connectivity index (χ0) is 16.3. The zero-order valence-corrected chi connectivity index (χ0v) is 13.8. The van der Waals surface area contributed by atoms with Gasteiger partial charge in [0.1, 0.15) is 0 Å². The molecule has 0 aliphatic rings. The molecule has 0 atom stereocenters. The van der Waals surface area contributed by atoms with E-state index in [1.54, 1.807) is 39.8 Å². The maximum absolute atomic E-state index is 12.0. The van der Waals surface area contributed by atoms with Gasteiger partial charge >= 0.3 is 0 Å². The molecule has 1 aromatic carbocycles. The number of nitrogens with one attached hydrogen (secondary N) is 2. The number of hydrogen-bond acceptors (Lipinski definition) is 4. The number of ketones is 1. The van der Waals surface area contributed by atoms with Crippen LogP contribution in [0.4, 0.5) is 0 Å². The molecule has 0 aliphatic heterocycles. The van der Waals surface area contributed by atoms with Gasteiger partial charge in [-0.2, -0.15) is 0 Å². The first-order chi connectivity index (χ1) is 9.52. The maximum atomic E-state index is 12.0. The van der Waals surface area contributed by atoms with Crippen molar-refractivity contribution < 1.29 is 13.2 Å². The van der Waals surface area contributed by atoms with Crippen molar-refractivity contribution in [1.82, 2.24) is 10.3 Å². The lowest BCUT2D eigenvalue weighted by atomic mass is 9.90. The second-order valence-corrected chi connectivity index (χ2v) is 7.67. The molecule has 0 fully saturated rings. The molecule has 1 rings (SSSR count). The van der Waals surface area contributed by atoms with Gasteiger partial charge in [-0.3, -0.25) is 4.79 Å². The fraction of sp³-hybridized carbons (Fsp3) is 0.400. The topological polar surface area (TPSA) is 75.3 Å². The van der Waals surface area contributed by atoms with Gasteiger partial charge in [0.05, 0.1) is 4.90 Å². The maximum Gasteiger partial charge on any atom is 0.257 e. The number of aryl methyl sites for hydroxylation is 1. The number of hydrazine groups is 1. The van der Waals surface area contributed by atoms with Gasteiger partial charge in [-0.25, -0.2) is 8.42 Å². The monoisotopic (exact) mass is 310 g/mol. The SMILES string of the molecule is C/C(=C\C(=O)C(C)(C)C)NNS(=O)(=O)c1ccc(C)cc1. The summed E-state index contributed by atoms with van der Waals surface area (Å²) < 4.78 is 24.1. The molecule has 2 N–H and O–H groups in total. The highest BCUT2D eigenvalue weighted by molar-refractivity contribution is 7.89. The minimum atomic E-state index is -3.66. The van der Waals surface area contributed by atoms with Crippen LogP contribution in [0.25, 0.3) is 0 Å². The molecular weight excluding hydrogens is 288 g/mol. The van der Waals surface area contributed by atoms with Crippen molar-refractivity contribution in [1.29, 1.82) is 0 Å². The molecule has 116 valence electrons. The van der Waals surface area contributed by atoms with E-state index < -0.39 is 15.4 Å². The fourth-order valence-corrected chi connectivity index (χ4v) is 2.28. The van der Waals surface area contributed by atoms with Crippen molar-refractivity contribution in [2.45, 2.75) is 39.5 Å². The molecule has 0 saturated carbocycles. The van der Waals surface area contributed by atoms with Crippen LogP contribution in [0.15, 0.2) is 40.9 Å². The highest BCUT2D eigenvalue weighted by Gasteiger charge is 2.19. The van der Waals surface area contributed by atoms with Crippen LogP contribution in [-0.2, 0) is 14.8 Å². The van der Waals surface area contributed by atoms with E-state index >= 15 is 0 Å². The van der Waals surface area contributed by atoms with Crippen molar-refractivity contribution in [3.05, 3.63) is 41.6 Å². The average Bonchev–Trinajstić information content (AvgIpc) is 2.36. The first kappa shape index (κ1) is 17.4. The normalized spacial score (nSPS) is 13.1. The van der Waals surface area contributed by atoms with E-state index in [9.17, 15) is 13.2 Å². The molecule has 0 radical (unpaired) electrons. The number of sulfonamides is 1. The Bertz CT molecular complexity index is 638. The van der Waals surface area contributed by atoms with Crippen molar-refractivity contribution >= 4 is 15.8 Å². The second-order valence-electron chi connectivity index (χ2n) is 5.99. The molecule has 6 heteroatoms. The van der Waals surface area contributed by atoms with Crippen LogP contribution in [0.3, 0.4) is 0 Å². The van der Waals surface area contributed by atoms with Crippen LogP contribution in [-0.4, -0.2) is 14.2 Å². The molecule has 1 aromatic rings. The lowest BCUT2D eigenvalue weighted by Crippen LogP contribution is -2.36. The highest BCUT2D eigenvalue weighted by Crippen LogP contribution is 2.15. The van der Waals surface area contributed by atoms with Gasteiger partial charge in [-0.15, -0.1) is 4.83 Å². The summed E-state index contributed by atoms with van der Waals surface area (Å²) in [5, 5.41) is 0. The smallest absolute Gasteiger partial charge is 0.257 e. The van der Waals surface area contributed by atoms with Crippen molar-refractivity contribution in [2.75, 3.05) is 0 Å². The molecule has 0 spiro atoms. The molecule has 21 heavy (non-hydrogen) atoms. The van der Waals surface area contributed by atoms with Crippen LogP contribution in [0.2, 0.25) is 0 Å². The molecule has 0 saturated heterocycles. The van der Waals surface area contributed by atoms with E-state index in [-0.39, 0.29) is 10.7 Å². The Morgan fingerprint density at radius 2 is 1.67 bits per heavy atom. The Hall–Kier alpha value is -1.66. The Balaban J connectivity index is 2.76. The molecular formula is C15H22N2O3S. The number of carbonyl (C=O) groups is 1. The van der Waals surface area contributed by atoms with E-state index in [2.05, 4.69) is 10.3 Å². The number of rotatable bonds is 5. The number of hydrogen-bond donors (Lipinski definition) is 2. The largest absolute Gasteiger partial charge is 0.312 e. The quantitative estimate of drug-likeness (QED) is 0.646. The van der Waals surface area contributed by atoms with E-state index in [1.165, 1.54) is 18.2 Å². The van der Waals surface area contributed by atoms with Crippen molar-refractivity contribution in [3.63, 3.8) is 0 Å². The third kappa shape index (κ3) is 5.32. The van der Waals surface area contributed by atoms with Crippen LogP contribution in [0.5, 0.6) is 0 Å². The van der Waals surface area contributed by atoms with Gasteiger partial charge in [0.15, 0.2) is 5.78 Å². The van der Waals surface area contributed by atoms with Gasteiger partial charge < -0.3 is 5.43 Å². The number of benzene rings is 1. The van der Waals surface area contributed by atoms with Gasteiger partial charge in [0, 0.05) is 17.2 Å². The van der Waals surface area contributed by atoms with E-state index in [0.717, 1.165) is 5.56 Å². The van der Waals surface area contributed by atoms with Crippen LogP contribution in [0, 0.1) is 12.3 Å². The molecule has 0 heterocycles. The summed E-state index contributed by atoms with van der Waals surface area (Å²) in [7, 11) is -3.66. The van der Waals surface area contributed by atoms with E-state index in [0.29, 0.717) is 5.70 Å². The number of carbonyl (C=O) groups excluding carboxylic acids is 1. The summed E-state index contributed by atoms with van der Waals surface area (Å²) in [6.07, 6.45) is 1.39. The first-order valence-electron chi connectivity index (χ1n) is 6.59. The Kier molecular flexibility index (Phi) is 5.31. The summed E-state index contributed by atoms with van der Waals surface area (Å²) in [5.74, 6) is -0.0815. The van der Waals surface area contributed by atoms with Gasteiger partial charge in [-0.05, 0) is 26.0 Å². The third-order valence-corrected chi connectivity index (χ3v) is 4.06. The van der Waals surface area contributed by atoms with E-state index in [1.807, 2.05) is 6.92 Å². The second kappa shape index (κ2) is 6.41. The Morgan fingerprint density at radius 3 is 2.14 bits per heavy atom. The number of allylic oxidation sites excluding steroid dienone is 2. The minimum absolute atomic E-state index is 0.0815. The Labute approximate surface area is 126 Å². The van der Waals surface area contributed by atoms with E-state index in [4.69, 9.17) is 0 Å². The molecule has 0 amide bonds. The predicted molar refractivity (Wildman–Crippen MR) is 82.9 cm³/mol. The molecule has 0 aliphatic carbocycles. The predicted octanol–water partition coefficient (Wildman–Crippen LogP) is 2.30. The summed E-state index contributed by atoms with van der Waals surface area (Å²) >= 11 is 0. The van der Waals surface area contributed by atoms with Crippen molar-refractivity contribution in [2.24, 2.45) is 5.41 Å². The summed E-state index contributed by atoms with van der Waals surface area (Å²) in [5.41, 5.74) is 3.46. The average molecular weight is 310 g/mol. The third-order valence-electron chi connectivity index (χ3n) is 2.80. The fourth-order valence-electron chi connectivity index (χ4n) is 1.37. The lowest BCUT2D eigenvalue weighted by Gasteiger charge is -2.15. The van der Waals surface area contributed by atoms with Crippen LogP contribution < -0.4 is 10.3 Å². The van der Waals surface area contributed by atoms with Crippen LogP contribution in [0.1, 0.15) is 33.3 Å². The molecule has 0 aromatic heterocycles. The molecule has 0 unspecified atom stereocenters. The van der Waals surface area contributed by atoms with Crippen LogP contribution >= 0.6 is 0 Å². The zero-order valence-electron chi connectivity index (χ0n) is 13.0. The summed E-state index contributed by atoms with van der Waals surface area (Å²) in [6.45, 7) is 8.91. The molecule has 5 nitrogen and oxygen atoms in total. The van der Waals surface area contributed by atoms with Crippen molar-refractivity contribution in [3.8, 4) is 0 Å². The minimum Gasteiger partial charge on any atom is -0.312 e. The summed E-state index contributed by atoms with van der Waals surface area (Å²) in [6, 6.07) is 6.50. The highest BCUT2D eigenvalue weighted by atomic mass is 32.2. The first-order valence-corrected chi connectivity index (χ1v) is 8.08. The lowest BCUT2D eigenvalue weighted by molar-refractivity contribution is -0.121. The molecule has 0 bridgehead atoms. The Morgan fingerprint density at radius 1 is 1.14 bits per heavy atom.